The summed E-state index contributed by atoms with van der Waals surface area (Å²) in [7, 11) is 3.82. The summed E-state index contributed by atoms with van der Waals surface area (Å²) < 4.78 is 13.0. The lowest BCUT2D eigenvalue weighted by Gasteiger charge is -2.13. The van der Waals surface area contributed by atoms with E-state index in [1.807, 2.05) is 37.2 Å². The van der Waals surface area contributed by atoms with Crippen molar-refractivity contribution in [3.05, 3.63) is 59.4 Å². The minimum Gasteiger partial charge on any atom is -0.378 e. The van der Waals surface area contributed by atoms with Crippen LogP contribution in [0.4, 0.5) is 15.8 Å². The zero-order chi connectivity index (χ0) is 15.4. The van der Waals surface area contributed by atoms with E-state index in [1.165, 1.54) is 12.1 Å². The van der Waals surface area contributed by atoms with Gasteiger partial charge in [0.05, 0.1) is 11.3 Å². The molecule has 5 heteroatoms. The highest BCUT2D eigenvalue weighted by Gasteiger charge is 2.10. The highest BCUT2D eigenvalue weighted by Crippen LogP contribution is 2.18. The molecule has 0 saturated heterocycles. The Kier molecular flexibility index (Phi) is 4.19. The van der Waals surface area contributed by atoms with Gasteiger partial charge < -0.3 is 10.2 Å². The molecule has 106 valence electrons. The molecule has 2 rings (SSSR count). The molecule has 0 radical (unpaired) electrons. The van der Waals surface area contributed by atoms with E-state index in [1.54, 1.807) is 12.1 Å². The van der Waals surface area contributed by atoms with Gasteiger partial charge in [0.1, 0.15) is 11.9 Å². The Morgan fingerprint density at radius 3 is 2.43 bits per heavy atom. The lowest BCUT2D eigenvalue weighted by molar-refractivity contribution is 0.102. The number of amides is 1. The molecular weight excluding hydrogens is 269 g/mol. The third-order valence-corrected chi connectivity index (χ3v) is 3.00. The van der Waals surface area contributed by atoms with Crippen molar-refractivity contribution >= 4 is 17.3 Å². The summed E-state index contributed by atoms with van der Waals surface area (Å²) in [6, 6.07) is 12.6. The van der Waals surface area contributed by atoms with Crippen LogP contribution in [0, 0.1) is 17.1 Å². The Bertz CT molecular complexity index is 702. The van der Waals surface area contributed by atoms with Crippen LogP contribution in [0.1, 0.15) is 15.9 Å². The van der Waals surface area contributed by atoms with Gasteiger partial charge in [-0.05, 0) is 42.5 Å². The number of hydrogen-bond acceptors (Lipinski definition) is 3. The number of carbonyl (C=O) groups is 1. The van der Waals surface area contributed by atoms with E-state index in [9.17, 15) is 9.18 Å². The lowest BCUT2D eigenvalue weighted by atomic mass is 10.1. The molecular formula is C16H14FN3O. The summed E-state index contributed by atoms with van der Waals surface area (Å²) in [6.45, 7) is 0. The summed E-state index contributed by atoms with van der Waals surface area (Å²) in [5.41, 5.74) is 1.83. The van der Waals surface area contributed by atoms with E-state index in [-0.39, 0.29) is 11.5 Å². The van der Waals surface area contributed by atoms with Crippen LogP contribution in [0.2, 0.25) is 0 Å². The number of benzene rings is 2. The van der Waals surface area contributed by atoms with Crippen LogP contribution in [0.3, 0.4) is 0 Å². The fraction of sp³-hybridized carbons (Fsp3) is 0.125. The maximum Gasteiger partial charge on any atom is 0.255 e. The summed E-state index contributed by atoms with van der Waals surface area (Å²) in [6.07, 6.45) is 0. The first-order chi connectivity index (χ1) is 10.0. The minimum atomic E-state index is -0.514. The molecule has 0 aliphatic rings. The van der Waals surface area contributed by atoms with Crippen LogP contribution in [0.15, 0.2) is 42.5 Å². The van der Waals surface area contributed by atoms with E-state index in [4.69, 9.17) is 5.26 Å². The van der Waals surface area contributed by atoms with Crippen molar-refractivity contribution in [2.75, 3.05) is 24.3 Å². The van der Waals surface area contributed by atoms with Gasteiger partial charge in [0.2, 0.25) is 0 Å². The minimum absolute atomic E-state index is 0.0910. The quantitative estimate of drug-likeness (QED) is 0.942. The van der Waals surface area contributed by atoms with Crippen molar-refractivity contribution in [2.24, 2.45) is 0 Å². The second-order valence-electron chi connectivity index (χ2n) is 4.70. The molecule has 0 spiro atoms. The van der Waals surface area contributed by atoms with Gasteiger partial charge >= 0.3 is 0 Å². The monoisotopic (exact) mass is 283 g/mol. The molecule has 4 nitrogen and oxygen atoms in total. The van der Waals surface area contributed by atoms with Crippen molar-refractivity contribution < 1.29 is 9.18 Å². The van der Waals surface area contributed by atoms with Crippen LogP contribution in [-0.4, -0.2) is 20.0 Å². The average Bonchev–Trinajstić information content (AvgIpc) is 2.49. The molecule has 1 amide bonds. The number of halogens is 1. The Morgan fingerprint density at radius 2 is 1.86 bits per heavy atom. The van der Waals surface area contributed by atoms with E-state index in [0.29, 0.717) is 11.3 Å². The van der Waals surface area contributed by atoms with Gasteiger partial charge in [0.25, 0.3) is 5.91 Å². The topological polar surface area (TPSA) is 56.1 Å². The SMILES string of the molecule is CN(C)c1ccc(C(=O)Nc2ccc(F)cc2C#N)cc1. The molecule has 0 bridgehead atoms. The van der Waals surface area contributed by atoms with Gasteiger partial charge in [-0.15, -0.1) is 0 Å². The van der Waals surface area contributed by atoms with Crippen LogP contribution in [0.5, 0.6) is 0 Å². The van der Waals surface area contributed by atoms with Gasteiger partial charge in [-0.25, -0.2) is 4.39 Å². The number of nitriles is 1. The standard InChI is InChI=1S/C16H14FN3O/c1-20(2)14-6-3-11(4-7-14)16(21)19-15-8-5-13(17)9-12(15)10-18/h3-9H,1-2H3,(H,19,21). The van der Waals surface area contributed by atoms with Crippen LogP contribution in [-0.2, 0) is 0 Å². The number of nitrogens with zero attached hydrogens (tertiary/aromatic N) is 2. The Labute approximate surface area is 122 Å². The molecule has 0 fully saturated rings. The van der Waals surface area contributed by atoms with E-state index in [2.05, 4.69) is 5.32 Å². The van der Waals surface area contributed by atoms with Gasteiger partial charge in [-0.2, -0.15) is 5.26 Å². The second kappa shape index (κ2) is 6.06. The molecule has 0 saturated carbocycles. The maximum atomic E-state index is 13.0. The van der Waals surface area contributed by atoms with Gasteiger partial charge in [0, 0.05) is 25.3 Å². The molecule has 21 heavy (non-hydrogen) atoms. The molecule has 0 atom stereocenters. The van der Waals surface area contributed by atoms with Crippen molar-refractivity contribution in [3.8, 4) is 6.07 Å². The molecule has 2 aromatic carbocycles. The van der Waals surface area contributed by atoms with Crippen molar-refractivity contribution in [3.63, 3.8) is 0 Å². The second-order valence-corrected chi connectivity index (χ2v) is 4.70. The fourth-order valence-electron chi connectivity index (χ4n) is 1.82. The number of rotatable bonds is 3. The molecule has 0 heterocycles. The number of carbonyl (C=O) groups excluding carboxylic acids is 1. The molecule has 2 aromatic rings. The zero-order valence-electron chi connectivity index (χ0n) is 11.7. The Hall–Kier alpha value is -2.87. The highest BCUT2D eigenvalue weighted by atomic mass is 19.1. The first-order valence-corrected chi connectivity index (χ1v) is 6.29. The summed E-state index contributed by atoms with van der Waals surface area (Å²) in [5.74, 6) is -0.858. The third-order valence-electron chi connectivity index (χ3n) is 3.00. The number of anilines is 2. The summed E-state index contributed by atoms with van der Waals surface area (Å²) >= 11 is 0. The predicted octanol–water partition coefficient (Wildman–Crippen LogP) is 3.02. The van der Waals surface area contributed by atoms with Gasteiger partial charge in [-0.1, -0.05) is 0 Å². The predicted molar refractivity (Wildman–Crippen MR) is 79.8 cm³/mol. The van der Waals surface area contributed by atoms with Gasteiger partial charge in [-0.3, -0.25) is 4.79 Å². The smallest absolute Gasteiger partial charge is 0.255 e. The lowest BCUT2D eigenvalue weighted by Crippen LogP contribution is -2.14. The van der Waals surface area contributed by atoms with Crippen LogP contribution < -0.4 is 10.2 Å². The number of hydrogen-bond donors (Lipinski definition) is 1. The first-order valence-electron chi connectivity index (χ1n) is 6.29. The fourth-order valence-corrected chi connectivity index (χ4v) is 1.82. The molecule has 1 N–H and O–H groups in total. The van der Waals surface area contributed by atoms with Crippen molar-refractivity contribution in [1.29, 1.82) is 5.26 Å². The molecule has 0 aromatic heterocycles. The van der Waals surface area contributed by atoms with E-state index < -0.39 is 5.82 Å². The van der Waals surface area contributed by atoms with E-state index >= 15 is 0 Å². The van der Waals surface area contributed by atoms with Crippen LogP contribution >= 0.6 is 0 Å². The first kappa shape index (κ1) is 14.5. The van der Waals surface area contributed by atoms with Crippen molar-refractivity contribution in [2.45, 2.75) is 0 Å². The normalized spacial score (nSPS) is 9.81. The highest BCUT2D eigenvalue weighted by molar-refractivity contribution is 6.05. The zero-order valence-corrected chi connectivity index (χ0v) is 11.7. The van der Waals surface area contributed by atoms with Crippen molar-refractivity contribution in [1.82, 2.24) is 0 Å². The number of nitrogens with one attached hydrogen (secondary N) is 1. The van der Waals surface area contributed by atoms with E-state index in [0.717, 1.165) is 11.8 Å². The summed E-state index contributed by atoms with van der Waals surface area (Å²) in [4.78, 5) is 14.0. The van der Waals surface area contributed by atoms with Gasteiger partial charge in [0.15, 0.2) is 0 Å². The molecule has 0 unspecified atom stereocenters. The van der Waals surface area contributed by atoms with Crippen LogP contribution in [0.25, 0.3) is 0 Å². The third kappa shape index (κ3) is 3.37. The largest absolute Gasteiger partial charge is 0.378 e. The Morgan fingerprint density at radius 1 is 1.19 bits per heavy atom. The maximum absolute atomic E-state index is 13.0. The average molecular weight is 283 g/mol. The summed E-state index contributed by atoms with van der Waals surface area (Å²) in [5, 5.41) is 11.6. The molecule has 0 aliphatic heterocycles. The Balaban J connectivity index is 2.20. The molecule has 0 aliphatic carbocycles.